The van der Waals surface area contributed by atoms with Crippen LogP contribution in [-0.2, 0) is 17.9 Å². The Hall–Kier alpha value is -2.37. The van der Waals surface area contributed by atoms with Crippen molar-refractivity contribution in [1.82, 2.24) is 15.5 Å². The van der Waals surface area contributed by atoms with E-state index < -0.39 is 0 Å². The molecule has 0 aliphatic heterocycles. The van der Waals surface area contributed by atoms with E-state index in [1.54, 1.807) is 0 Å². The molecule has 2 aromatic rings. The van der Waals surface area contributed by atoms with Crippen molar-refractivity contribution in [3.05, 3.63) is 70.2 Å². The molecule has 2 aromatic carbocycles. The van der Waals surface area contributed by atoms with Gasteiger partial charge in [-0.2, -0.15) is 0 Å². The van der Waals surface area contributed by atoms with E-state index in [4.69, 9.17) is 11.6 Å². The lowest BCUT2D eigenvalue weighted by molar-refractivity contribution is -0.121. The minimum atomic E-state index is 0.0123. The number of rotatable bonds is 10. The minimum Gasteiger partial charge on any atom is -0.352 e. The number of hydrogen-bond acceptors (Lipinski definition) is 3. The van der Waals surface area contributed by atoms with Crippen molar-refractivity contribution in [2.75, 3.05) is 6.54 Å². The summed E-state index contributed by atoms with van der Waals surface area (Å²) in [6.07, 6.45) is 5.01. The van der Waals surface area contributed by atoms with E-state index in [9.17, 15) is 9.59 Å². The van der Waals surface area contributed by atoms with Gasteiger partial charge in [-0.3, -0.25) is 14.5 Å². The zero-order valence-corrected chi connectivity index (χ0v) is 17.8. The van der Waals surface area contributed by atoms with Crippen LogP contribution < -0.4 is 10.6 Å². The van der Waals surface area contributed by atoms with Gasteiger partial charge < -0.3 is 10.6 Å². The van der Waals surface area contributed by atoms with E-state index in [1.807, 2.05) is 48.5 Å². The van der Waals surface area contributed by atoms with Crippen molar-refractivity contribution in [2.45, 2.75) is 57.3 Å². The number of nitrogens with one attached hydrogen (secondary N) is 2. The summed E-state index contributed by atoms with van der Waals surface area (Å²) >= 11 is 6.15. The van der Waals surface area contributed by atoms with Crippen molar-refractivity contribution in [3.8, 4) is 0 Å². The van der Waals surface area contributed by atoms with E-state index in [-0.39, 0.29) is 11.8 Å². The van der Waals surface area contributed by atoms with Gasteiger partial charge >= 0.3 is 0 Å². The van der Waals surface area contributed by atoms with Crippen LogP contribution in [0.4, 0.5) is 0 Å². The summed E-state index contributed by atoms with van der Waals surface area (Å²) in [7, 11) is 0. The Morgan fingerprint density at radius 1 is 1.00 bits per heavy atom. The van der Waals surface area contributed by atoms with Crippen molar-refractivity contribution in [3.63, 3.8) is 0 Å². The summed E-state index contributed by atoms with van der Waals surface area (Å²) in [6, 6.07) is 16.3. The molecule has 2 saturated carbocycles. The lowest BCUT2D eigenvalue weighted by Crippen LogP contribution is -2.32. The summed E-state index contributed by atoms with van der Waals surface area (Å²) in [4.78, 5) is 26.8. The third-order valence-corrected chi connectivity index (χ3v) is 6.01. The van der Waals surface area contributed by atoms with E-state index >= 15 is 0 Å². The van der Waals surface area contributed by atoms with Crippen LogP contribution in [0.2, 0.25) is 5.02 Å². The number of carbonyl (C=O) groups excluding carboxylic acids is 2. The summed E-state index contributed by atoms with van der Waals surface area (Å²) < 4.78 is 0. The second-order valence-corrected chi connectivity index (χ2v) is 8.67. The highest BCUT2D eigenvalue weighted by Gasteiger charge is 2.29. The third kappa shape index (κ3) is 6.07. The monoisotopic (exact) mass is 425 g/mol. The molecule has 0 unspecified atom stereocenters. The molecule has 0 atom stereocenters. The SMILES string of the molecule is O=C(CCN(Cc1ccc(C(=O)NC2CC2)cc1)C1CC1)NCc1ccccc1Cl. The van der Waals surface area contributed by atoms with Crippen LogP contribution in [0.15, 0.2) is 48.5 Å². The Morgan fingerprint density at radius 3 is 2.40 bits per heavy atom. The van der Waals surface area contributed by atoms with Crippen molar-refractivity contribution < 1.29 is 9.59 Å². The number of amides is 2. The van der Waals surface area contributed by atoms with Crippen LogP contribution in [0.5, 0.6) is 0 Å². The summed E-state index contributed by atoms with van der Waals surface area (Å²) in [5.74, 6) is 0.0472. The lowest BCUT2D eigenvalue weighted by Gasteiger charge is -2.22. The van der Waals surface area contributed by atoms with Crippen LogP contribution in [0, 0.1) is 0 Å². The Bertz CT molecular complexity index is 892. The van der Waals surface area contributed by atoms with Gasteiger partial charge in [0.1, 0.15) is 0 Å². The highest BCUT2D eigenvalue weighted by molar-refractivity contribution is 6.31. The largest absolute Gasteiger partial charge is 0.352 e. The number of halogens is 1. The van der Waals surface area contributed by atoms with Crippen LogP contribution in [0.25, 0.3) is 0 Å². The van der Waals surface area contributed by atoms with Gasteiger partial charge in [-0.1, -0.05) is 41.9 Å². The molecule has 0 spiro atoms. The standard InChI is InChI=1S/C24H28ClN3O2/c25-22-4-2-1-3-19(22)15-26-23(29)13-14-28(21-11-12-21)16-17-5-7-18(8-6-17)24(30)27-20-9-10-20/h1-8,20-21H,9-16H2,(H,26,29)(H,27,30). The molecule has 6 heteroatoms. The average molecular weight is 426 g/mol. The molecule has 0 radical (unpaired) electrons. The van der Waals surface area contributed by atoms with Crippen molar-refractivity contribution in [1.29, 1.82) is 0 Å². The molecule has 2 aliphatic carbocycles. The third-order valence-electron chi connectivity index (χ3n) is 5.64. The van der Waals surface area contributed by atoms with Crippen LogP contribution in [-0.4, -0.2) is 35.3 Å². The topological polar surface area (TPSA) is 61.4 Å². The maximum absolute atomic E-state index is 12.3. The molecular weight excluding hydrogens is 398 g/mol. The first-order valence-corrected chi connectivity index (χ1v) is 11.1. The smallest absolute Gasteiger partial charge is 0.251 e. The Kier molecular flexibility index (Phi) is 6.70. The van der Waals surface area contributed by atoms with Gasteiger partial charge in [0.2, 0.25) is 5.91 Å². The molecule has 5 nitrogen and oxygen atoms in total. The number of nitrogens with zero attached hydrogens (tertiary/aromatic N) is 1. The quantitative estimate of drug-likeness (QED) is 0.606. The molecule has 30 heavy (non-hydrogen) atoms. The second-order valence-electron chi connectivity index (χ2n) is 8.26. The molecule has 0 aromatic heterocycles. The summed E-state index contributed by atoms with van der Waals surface area (Å²) in [6.45, 7) is 1.97. The van der Waals surface area contributed by atoms with Crippen molar-refractivity contribution >= 4 is 23.4 Å². The van der Waals surface area contributed by atoms with Gasteiger partial charge in [-0.05, 0) is 55.0 Å². The molecule has 0 saturated heterocycles. The zero-order chi connectivity index (χ0) is 20.9. The normalized spacial score (nSPS) is 15.8. The molecule has 2 amide bonds. The maximum Gasteiger partial charge on any atom is 0.251 e. The second kappa shape index (κ2) is 9.63. The van der Waals surface area contributed by atoms with Crippen LogP contribution in [0.1, 0.15) is 53.6 Å². The minimum absolute atomic E-state index is 0.0123. The van der Waals surface area contributed by atoms with E-state index in [0.29, 0.717) is 35.6 Å². The maximum atomic E-state index is 12.3. The van der Waals surface area contributed by atoms with Crippen molar-refractivity contribution in [2.24, 2.45) is 0 Å². The van der Waals surface area contributed by atoms with Crippen LogP contribution in [0.3, 0.4) is 0 Å². The lowest BCUT2D eigenvalue weighted by atomic mass is 10.1. The first-order valence-electron chi connectivity index (χ1n) is 10.7. The van der Waals surface area contributed by atoms with Gasteiger partial charge in [0.05, 0.1) is 0 Å². The van der Waals surface area contributed by atoms with Gasteiger partial charge in [-0.15, -0.1) is 0 Å². The average Bonchev–Trinajstić information content (AvgIpc) is 3.66. The van der Waals surface area contributed by atoms with E-state index in [1.165, 1.54) is 18.4 Å². The molecule has 4 rings (SSSR count). The molecule has 158 valence electrons. The van der Waals surface area contributed by atoms with E-state index in [0.717, 1.165) is 31.5 Å². The van der Waals surface area contributed by atoms with E-state index in [2.05, 4.69) is 15.5 Å². The fraction of sp³-hybridized carbons (Fsp3) is 0.417. The molecule has 0 heterocycles. The Labute approximate surface area is 182 Å². The predicted molar refractivity (Wildman–Crippen MR) is 118 cm³/mol. The predicted octanol–water partition coefficient (Wildman–Crippen LogP) is 3.90. The highest BCUT2D eigenvalue weighted by atomic mass is 35.5. The number of carbonyl (C=O) groups is 2. The summed E-state index contributed by atoms with van der Waals surface area (Å²) in [5, 5.41) is 6.65. The fourth-order valence-electron chi connectivity index (χ4n) is 3.49. The fourth-order valence-corrected chi connectivity index (χ4v) is 3.69. The van der Waals surface area contributed by atoms with Gasteiger partial charge in [-0.25, -0.2) is 0 Å². The molecule has 2 N–H and O–H groups in total. The molecule has 0 bridgehead atoms. The van der Waals surface area contributed by atoms with Gasteiger partial charge in [0.15, 0.2) is 0 Å². The highest BCUT2D eigenvalue weighted by Crippen LogP contribution is 2.28. The first-order chi connectivity index (χ1) is 14.6. The first kappa shape index (κ1) is 20.9. The van der Waals surface area contributed by atoms with Gasteiger partial charge in [0, 0.05) is 48.7 Å². The molecular formula is C24H28ClN3O2. The summed E-state index contributed by atoms with van der Waals surface area (Å²) in [5.41, 5.74) is 2.81. The molecule has 2 fully saturated rings. The Morgan fingerprint density at radius 2 is 1.73 bits per heavy atom. The number of benzene rings is 2. The molecule has 2 aliphatic rings. The Balaban J connectivity index is 1.25. The zero-order valence-electron chi connectivity index (χ0n) is 17.1. The van der Waals surface area contributed by atoms with Crippen LogP contribution >= 0.6 is 11.6 Å². The van der Waals surface area contributed by atoms with Gasteiger partial charge in [0.25, 0.3) is 5.91 Å². The number of hydrogen-bond donors (Lipinski definition) is 2.